The lowest BCUT2D eigenvalue weighted by Gasteiger charge is -2.11. The molecular formula is C18H14N4O2. The highest BCUT2D eigenvalue weighted by Crippen LogP contribution is 2.23. The summed E-state index contributed by atoms with van der Waals surface area (Å²) in [7, 11) is 0. The highest BCUT2D eigenvalue weighted by molar-refractivity contribution is 6.08. The summed E-state index contributed by atoms with van der Waals surface area (Å²) < 4.78 is 0. The molecule has 0 radical (unpaired) electrons. The molecule has 0 saturated heterocycles. The predicted molar refractivity (Wildman–Crippen MR) is 90.6 cm³/mol. The summed E-state index contributed by atoms with van der Waals surface area (Å²) in [5.41, 5.74) is 3.20. The second-order valence-corrected chi connectivity index (χ2v) is 5.44. The lowest BCUT2D eigenvalue weighted by Crippen LogP contribution is -2.28. The van der Waals surface area contributed by atoms with Gasteiger partial charge < -0.3 is 10.2 Å². The fraction of sp³-hybridized carbons (Fsp3) is 0.111. The normalized spacial score (nSPS) is 16.5. The maximum Gasteiger partial charge on any atom is 0.268 e. The van der Waals surface area contributed by atoms with Gasteiger partial charge in [-0.2, -0.15) is 0 Å². The van der Waals surface area contributed by atoms with Crippen molar-refractivity contribution in [2.24, 2.45) is 5.16 Å². The van der Waals surface area contributed by atoms with Gasteiger partial charge in [-0.3, -0.25) is 14.8 Å². The molecular weight excluding hydrogens is 304 g/mol. The molecule has 1 aliphatic rings. The molecule has 6 nitrogen and oxygen atoms in total. The average molecular weight is 318 g/mol. The first-order chi connectivity index (χ1) is 11.8. The minimum Gasteiger partial charge on any atom is -0.382 e. The van der Waals surface area contributed by atoms with Gasteiger partial charge in [0.25, 0.3) is 5.91 Å². The smallest absolute Gasteiger partial charge is 0.268 e. The number of rotatable bonds is 3. The Balaban J connectivity index is 1.50. The number of anilines is 1. The van der Waals surface area contributed by atoms with Crippen molar-refractivity contribution < 1.29 is 9.63 Å². The van der Waals surface area contributed by atoms with Gasteiger partial charge in [-0.1, -0.05) is 11.2 Å². The number of aromatic nitrogens is 2. The highest BCUT2D eigenvalue weighted by atomic mass is 16.6. The molecule has 3 heterocycles. The van der Waals surface area contributed by atoms with Crippen molar-refractivity contribution >= 4 is 28.2 Å². The molecule has 4 rings (SSSR count). The number of benzene rings is 1. The van der Waals surface area contributed by atoms with E-state index in [-0.39, 0.29) is 5.91 Å². The number of carbonyl (C=O) groups excluding carboxylic acids is 1. The van der Waals surface area contributed by atoms with E-state index in [0.29, 0.717) is 12.1 Å². The highest BCUT2D eigenvalue weighted by Gasteiger charge is 2.29. The van der Waals surface area contributed by atoms with Gasteiger partial charge in [-0.15, -0.1) is 0 Å². The fourth-order valence-electron chi connectivity index (χ4n) is 2.66. The SMILES string of the molecule is O=C(Nc1cccc2ncccc12)C1CC(c2ccncc2)=NO1. The number of pyridine rings is 2. The Morgan fingerprint density at radius 3 is 2.83 bits per heavy atom. The molecule has 2 aromatic heterocycles. The first kappa shape index (κ1) is 14.3. The van der Waals surface area contributed by atoms with Crippen LogP contribution >= 0.6 is 0 Å². The van der Waals surface area contributed by atoms with Gasteiger partial charge in [0.05, 0.1) is 16.9 Å². The molecule has 1 N–H and O–H groups in total. The van der Waals surface area contributed by atoms with Crippen LogP contribution in [-0.4, -0.2) is 27.7 Å². The van der Waals surface area contributed by atoms with E-state index >= 15 is 0 Å². The molecule has 1 atom stereocenters. The monoisotopic (exact) mass is 318 g/mol. The van der Waals surface area contributed by atoms with Crippen molar-refractivity contribution in [1.29, 1.82) is 0 Å². The van der Waals surface area contributed by atoms with E-state index in [1.807, 2.05) is 42.5 Å². The molecule has 24 heavy (non-hydrogen) atoms. The second kappa shape index (κ2) is 6.08. The third-order valence-electron chi connectivity index (χ3n) is 3.88. The topological polar surface area (TPSA) is 76.5 Å². The molecule has 0 aliphatic carbocycles. The zero-order valence-electron chi connectivity index (χ0n) is 12.7. The minimum absolute atomic E-state index is 0.223. The first-order valence-electron chi connectivity index (χ1n) is 7.59. The molecule has 0 fully saturated rings. The Labute approximate surface area is 138 Å². The Bertz CT molecular complexity index is 919. The van der Waals surface area contributed by atoms with Crippen LogP contribution in [0.3, 0.4) is 0 Å². The Morgan fingerprint density at radius 1 is 1.08 bits per heavy atom. The molecule has 3 aromatic rings. The van der Waals surface area contributed by atoms with Crippen molar-refractivity contribution in [2.75, 3.05) is 5.32 Å². The summed E-state index contributed by atoms with van der Waals surface area (Å²) >= 11 is 0. The van der Waals surface area contributed by atoms with Gasteiger partial charge in [-0.05, 0) is 36.4 Å². The molecule has 0 spiro atoms. The van der Waals surface area contributed by atoms with E-state index in [4.69, 9.17) is 4.84 Å². The molecule has 1 amide bonds. The van der Waals surface area contributed by atoms with E-state index in [9.17, 15) is 4.79 Å². The lowest BCUT2D eigenvalue weighted by atomic mass is 10.1. The number of nitrogens with one attached hydrogen (secondary N) is 1. The van der Waals surface area contributed by atoms with E-state index in [1.54, 1.807) is 18.6 Å². The number of nitrogens with zero attached hydrogens (tertiary/aromatic N) is 3. The first-order valence-corrected chi connectivity index (χ1v) is 7.59. The van der Waals surface area contributed by atoms with Gasteiger partial charge in [0, 0.05) is 36.0 Å². The van der Waals surface area contributed by atoms with Crippen LogP contribution < -0.4 is 5.32 Å². The van der Waals surface area contributed by atoms with Crippen LogP contribution in [0.2, 0.25) is 0 Å². The quantitative estimate of drug-likeness (QED) is 0.805. The summed E-state index contributed by atoms with van der Waals surface area (Å²) in [6, 6.07) is 13.1. The lowest BCUT2D eigenvalue weighted by molar-refractivity contribution is -0.125. The van der Waals surface area contributed by atoms with E-state index < -0.39 is 6.10 Å². The van der Waals surface area contributed by atoms with Gasteiger partial charge in [0.1, 0.15) is 0 Å². The van der Waals surface area contributed by atoms with Gasteiger partial charge in [0.15, 0.2) is 0 Å². The standard InChI is InChI=1S/C18H14N4O2/c23-18(17-11-16(22-24-17)12-6-9-19-10-7-12)21-15-5-1-4-14-13(15)3-2-8-20-14/h1-10,17H,11H2,(H,21,23). The zero-order valence-corrected chi connectivity index (χ0v) is 12.7. The van der Waals surface area contributed by atoms with Crippen LogP contribution in [0.15, 0.2) is 66.2 Å². The molecule has 118 valence electrons. The zero-order chi connectivity index (χ0) is 16.4. The van der Waals surface area contributed by atoms with Gasteiger partial charge >= 0.3 is 0 Å². The van der Waals surface area contributed by atoms with Crippen molar-refractivity contribution in [3.05, 3.63) is 66.6 Å². The van der Waals surface area contributed by atoms with Crippen molar-refractivity contribution in [3.63, 3.8) is 0 Å². The van der Waals surface area contributed by atoms with Crippen LogP contribution in [0.1, 0.15) is 12.0 Å². The van der Waals surface area contributed by atoms with Crippen LogP contribution in [0.5, 0.6) is 0 Å². The van der Waals surface area contributed by atoms with Crippen molar-refractivity contribution in [1.82, 2.24) is 9.97 Å². The maximum atomic E-state index is 12.5. The van der Waals surface area contributed by atoms with E-state index in [1.165, 1.54) is 0 Å². The third kappa shape index (κ3) is 2.69. The van der Waals surface area contributed by atoms with E-state index in [0.717, 1.165) is 22.2 Å². The third-order valence-corrected chi connectivity index (χ3v) is 3.88. The Hall–Kier alpha value is -3.28. The summed E-state index contributed by atoms with van der Waals surface area (Å²) in [6.45, 7) is 0. The van der Waals surface area contributed by atoms with Crippen LogP contribution in [-0.2, 0) is 9.63 Å². The largest absolute Gasteiger partial charge is 0.382 e. The summed E-state index contributed by atoms with van der Waals surface area (Å²) in [5.74, 6) is -0.223. The molecule has 6 heteroatoms. The van der Waals surface area contributed by atoms with Crippen LogP contribution in [0, 0.1) is 0 Å². The fourth-order valence-corrected chi connectivity index (χ4v) is 2.66. The molecule has 1 aliphatic heterocycles. The second-order valence-electron chi connectivity index (χ2n) is 5.44. The van der Waals surface area contributed by atoms with Crippen molar-refractivity contribution in [2.45, 2.75) is 12.5 Å². The maximum absolute atomic E-state index is 12.5. The van der Waals surface area contributed by atoms with E-state index in [2.05, 4.69) is 20.4 Å². The average Bonchev–Trinajstić information content (AvgIpc) is 3.13. The van der Waals surface area contributed by atoms with Gasteiger partial charge in [0.2, 0.25) is 6.10 Å². The number of oxime groups is 1. The Kier molecular flexibility index (Phi) is 3.63. The Morgan fingerprint density at radius 2 is 1.96 bits per heavy atom. The number of carbonyl (C=O) groups is 1. The number of hydrogen-bond acceptors (Lipinski definition) is 5. The van der Waals surface area contributed by atoms with Crippen molar-refractivity contribution in [3.8, 4) is 0 Å². The number of amides is 1. The van der Waals surface area contributed by atoms with Gasteiger partial charge in [-0.25, -0.2) is 0 Å². The molecule has 1 aromatic carbocycles. The molecule has 0 saturated carbocycles. The van der Waals surface area contributed by atoms with Crippen LogP contribution in [0.25, 0.3) is 10.9 Å². The molecule has 0 bridgehead atoms. The number of hydrogen-bond donors (Lipinski definition) is 1. The summed E-state index contributed by atoms with van der Waals surface area (Å²) in [6.07, 6.45) is 4.89. The molecule has 1 unspecified atom stereocenters. The minimum atomic E-state index is -0.639. The van der Waals surface area contributed by atoms with Crippen LogP contribution in [0.4, 0.5) is 5.69 Å². The number of fused-ring (bicyclic) bond motifs is 1. The summed E-state index contributed by atoms with van der Waals surface area (Å²) in [4.78, 5) is 26.1. The predicted octanol–water partition coefficient (Wildman–Crippen LogP) is 2.76. The summed E-state index contributed by atoms with van der Waals surface area (Å²) in [5, 5.41) is 7.83.